The van der Waals surface area contributed by atoms with Crippen LogP contribution in [0.2, 0.25) is 0 Å². The molecule has 84 valence electrons. The third kappa shape index (κ3) is 4.16. The smallest absolute Gasteiger partial charge is 0.250 e. The van der Waals surface area contributed by atoms with Crippen molar-refractivity contribution in [1.82, 2.24) is 4.57 Å². The second-order valence-electron chi connectivity index (χ2n) is 4.45. The molecule has 2 N–H and O–H groups in total. The van der Waals surface area contributed by atoms with Gasteiger partial charge in [0.15, 0.2) is 0 Å². The monoisotopic (exact) mass is 210 g/mol. The fraction of sp³-hybridized carbons (Fsp3) is 0.545. The van der Waals surface area contributed by atoms with Gasteiger partial charge in [-0.2, -0.15) is 0 Å². The molecule has 0 aliphatic carbocycles. The number of nitrogens with zero attached hydrogens (tertiary/aromatic N) is 1. The highest BCUT2D eigenvalue weighted by atomic mass is 16.5. The summed E-state index contributed by atoms with van der Waals surface area (Å²) >= 11 is 0. The Morgan fingerprint density at radius 3 is 2.67 bits per heavy atom. The SMILES string of the molecule is CC(C)(C)OCCn1cc(N)ccc1=O. The third-order valence-corrected chi connectivity index (χ3v) is 1.87. The number of anilines is 1. The molecule has 1 aromatic heterocycles. The van der Waals surface area contributed by atoms with E-state index in [2.05, 4.69) is 0 Å². The fourth-order valence-corrected chi connectivity index (χ4v) is 1.17. The molecule has 1 rings (SSSR count). The van der Waals surface area contributed by atoms with Gasteiger partial charge >= 0.3 is 0 Å². The minimum absolute atomic E-state index is 0.0540. The minimum Gasteiger partial charge on any atom is -0.398 e. The number of rotatable bonds is 3. The molecule has 0 amide bonds. The first kappa shape index (κ1) is 11.8. The zero-order valence-electron chi connectivity index (χ0n) is 9.49. The van der Waals surface area contributed by atoms with E-state index in [9.17, 15) is 4.79 Å². The normalized spacial score (nSPS) is 11.7. The van der Waals surface area contributed by atoms with Crippen molar-refractivity contribution >= 4 is 5.69 Å². The summed E-state index contributed by atoms with van der Waals surface area (Å²) in [5.74, 6) is 0. The van der Waals surface area contributed by atoms with E-state index in [0.29, 0.717) is 18.8 Å². The van der Waals surface area contributed by atoms with Crippen LogP contribution in [0.25, 0.3) is 0 Å². The molecule has 4 heteroatoms. The van der Waals surface area contributed by atoms with Gasteiger partial charge in [-0.15, -0.1) is 0 Å². The number of pyridine rings is 1. The first-order valence-corrected chi connectivity index (χ1v) is 4.98. The summed E-state index contributed by atoms with van der Waals surface area (Å²) in [6.45, 7) is 6.98. The molecule has 1 aromatic rings. The summed E-state index contributed by atoms with van der Waals surface area (Å²) in [6, 6.07) is 3.07. The van der Waals surface area contributed by atoms with Crippen LogP contribution >= 0.6 is 0 Å². The lowest BCUT2D eigenvalue weighted by atomic mass is 10.2. The van der Waals surface area contributed by atoms with E-state index in [0.717, 1.165) is 0 Å². The molecular formula is C11H18N2O2. The number of nitrogens with two attached hydrogens (primary N) is 1. The quantitative estimate of drug-likeness (QED) is 0.816. The van der Waals surface area contributed by atoms with E-state index in [1.165, 1.54) is 6.07 Å². The van der Waals surface area contributed by atoms with E-state index in [1.807, 2.05) is 20.8 Å². The number of hydrogen-bond acceptors (Lipinski definition) is 3. The molecule has 0 radical (unpaired) electrons. The van der Waals surface area contributed by atoms with E-state index in [1.54, 1.807) is 16.8 Å². The molecule has 0 saturated carbocycles. The van der Waals surface area contributed by atoms with Gasteiger partial charge in [0.1, 0.15) is 0 Å². The van der Waals surface area contributed by atoms with Crippen LogP contribution in [-0.2, 0) is 11.3 Å². The third-order valence-electron chi connectivity index (χ3n) is 1.87. The van der Waals surface area contributed by atoms with Crippen LogP contribution in [-0.4, -0.2) is 16.8 Å². The number of ether oxygens (including phenoxy) is 1. The van der Waals surface area contributed by atoms with Crippen LogP contribution in [0.4, 0.5) is 5.69 Å². The largest absolute Gasteiger partial charge is 0.398 e. The number of hydrogen-bond donors (Lipinski definition) is 1. The lowest BCUT2D eigenvalue weighted by Crippen LogP contribution is -2.26. The highest BCUT2D eigenvalue weighted by molar-refractivity contribution is 5.33. The van der Waals surface area contributed by atoms with E-state index >= 15 is 0 Å². The predicted octanol–water partition coefficient (Wildman–Crippen LogP) is 1.25. The van der Waals surface area contributed by atoms with Crippen molar-refractivity contribution < 1.29 is 4.74 Å². The second-order valence-corrected chi connectivity index (χ2v) is 4.45. The second kappa shape index (κ2) is 4.49. The van der Waals surface area contributed by atoms with Crippen LogP contribution in [0.15, 0.2) is 23.1 Å². The van der Waals surface area contributed by atoms with Gasteiger partial charge in [0.2, 0.25) is 0 Å². The standard InChI is InChI=1S/C11H18N2O2/c1-11(2,3)15-7-6-13-8-9(12)4-5-10(13)14/h4-5,8H,6-7,12H2,1-3H3. The molecule has 0 atom stereocenters. The summed E-state index contributed by atoms with van der Waals surface area (Å²) in [7, 11) is 0. The molecule has 0 fully saturated rings. The Bertz CT molecular complexity index is 377. The van der Waals surface area contributed by atoms with Gasteiger partial charge in [0.05, 0.1) is 12.2 Å². The summed E-state index contributed by atoms with van der Waals surface area (Å²) < 4.78 is 7.08. The minimum atomic E-state index is -0.177. The summed E-state index contributed by atoms with van der Waals surface area (Å²) in [5.41, 5.74) is 5.94. The number of aromatic nitrogens is 1. The molecule has 0 spiro atoms. The van der Waals surface area contributed by atoms with E-state index in [4.69, 9.17) is 10.5 Å². The van der Waals surface area contributed by atoms with Gasteiger partial charge in [0.25, 0.3) is 5.56 Å². The zero-order valence-corrected chi connectivity index (χ0v) is 9.49. The molecule has 0 saturated heterocycles. The molecule has 0 bridgehead atoms. The number of nitrogen functional groups attached to an aromatic ring is 1. The molecule has 0 aliphatic rings. The highest BCUT2D eigenvalue weighted by Crippen LogP contribution is 2.06. The van der Waals surface area contributed by atoms with Gasteiger partial charge in [0, 0.05) is 24.5 Å². The van der Waals surface area contributed by atoms with Crippen molar-refractivity contribution in [2.24, 2.45) is 0 Å². The van der Waals surface area contributed by atoms with Crippen LogP contribution in [0.5, 0.6) is 0 Å². The van der Waals surface area contributed by atoms with Gasteiger partial charge in [-0.05, 0) is 26.8 Å². The summed E-state index contributed by atoms with van der Waals surface area (Å²) in [5, 5.41) is 0. The van der Waals surface area contributed by atoms with Crippen molar-refractivity contribution in [3.05, 3.63) is 28.7 Å². The van der Waals surface area contributed by atoms with Gasteiger partial charge in [-0.25, -0.2) is 0 Å². The first-order valence-electron chi connectivity index (χ1n) is 4.98. The maximum absolute atomic E-state index is 11.4. The Kier molecular flexibility index (Phi) is 3.52. The van der Waals surface area contributed by atoms with Crippen molar-refractivity contribution in [2.45, 2.75) is 32.9 Å². The Morgan fingerprint density at radius 2 is 2.07 bits per heavy atom. The van der Waals surface area contributed by atoms with Crippen LogP contribution in [0.3, 0.4) is 0 Å². The molecule has 0 unspecified atom stereocenters. The summed E-state index contributed by atoms with van der Waals surface area (Å²) in [4.78, 5) is 11.4. The zero-order chi connectivity index (χ0) is 11.5. The summed E-state index contributed by atoms with van der Waals surface area (Å²) in [6.07, 6.45) is 1.63. The Hall–Kier alpha value is -1.29. The molecule has 0 aliphatic heterocycles. The lowest BCUT2D eigenvalue weighted by Gasteiger charge is -2.19. The van der Waals surface area contributed by atoms with Crippen molar-refractivity contribution in [3.8, 4) is 0 Å². The molecule has 0 aromatic carbocycles. The average molecular weight is 210 g/mol. The lowest BCUT2D eigenvalue weighted by molar-refractivity contribution is -0.00710. The Labute approximate surface area is 89.7 Å². The molecule has 15 heavy (non-hydrogen) atoms. The van der Waals surface area contributed by atoms with Crippen LogP contribution in [0.1, 0.15) is 20.8 Å². The van der Waals surface area contributed by atoms with E-state index in [-0.39, 0.29) is 11.2 Å². The topological polar surface area (TPSA) is 57.2 Å². The maximum Gasteiger partial charge on any atom is 0.250 e. The van der Waals surface area contributed by atoms with Crippen molar-refractivity contribution in [3.63, 3.8) is 0 Å². The van der Waals surface area contributed by atoms with Gasteiger partial charge < -0.3 is 15.0 Å². The van der Waals surface area contributed by atoms with Gasteiger partial charge in [-0.1, -0.05) is 0 Å². The molecule has 1 heterocycles. The van der Waals surface area contributed by atoms with Crippen molar-refractivity contribution in [2.75, 3.05) is 12.3 Å². The fourth-order valence-electron chi connectivity index (χ4n) is 1.17. The van der Waals surface area contributed by atoms with E-state index < -0.39 is 0 Å². The van der Waals surface area contributed by atoms with Crippen LogP contribution < -0.4 is 11.3 Å². The first-order chi connectivity index (χ1) is 6.88. The highest BCUT2D eigenvalue weighted by Gasteiger charge is 2.09. The van der Waals surface area contributed by atoms with Crippen LogP contribution in [0, 0.1) is 0 Å². The molecule has 4 nitrogen and oxygen atoms in total. The van der Waals surface area contributed by atoms with Gasteiger partial charge in [-0.3, -0.25) is 4.79 Å². The molecular weight excluding hydrogens is 192 g/mol. The Morgan fingerprint density at radius 1 is 1.40 bits per heavy atom. The predicted molar refractivity (Wildman–Crippen MR) is 60.8 cm³/mol. The maximum atomic E-state index is 11.4. The van der Waals surface area contributed by atoms with Crippen molar-refractivity contribution in [1.29, 1.82) is 0 Å². The Balaban J connectivity index is 2.58. The average Bonchev–Trinajstić information content (AvgIpc) is 2.09.